The van der Waals surface area contributed by atoms with Gasteiger partial charge in [0.15, 0.2) is 0 Å². The van der Waals surface area contributed by atoms with Crippen LogP contribution in [-0.4, -0.2) is 25.4 Å². The smallest absolute Gasteiger partial charge is 0.784 e. The van der Waals surface area contributed by atoms with Gasteiger partial charge in [0.25, 0.3) is 0 Å². The first kappa shape index (κ1) is 33.0. The van der Waals surface area contributed by atoms with Gasteiger partial charge < -0.3 is 13.9 Å². The predicted octanol–water partition coefficient (Wildman–Crippen LogP) is -2.15. The van der Waals surface area contributed by atoms with E-state index in [-0.39, 0.29) is 71.3 Å². The number of carbonyl (C=O) groups excluding carboxylic acids is 2. The number of rotatable bonds is 14. The molecule has 0 radical (unpaired) electrons. The summed E-state index contributed by atoms with van der Waals surface area (Å²) < 4.78 is 25.3. The summed E-state index contributed by atoms with van der Waals surface area (Å²) in [6, 6.07) is 0. The fraction of sp³-hybridized carbons (Fsp3) is 0.875. The zero-order valence-electron chi connectivity index (χ0n) is 15.7. The normalized spacial score (nSPS) is 9.33. The van der Waals surface area contributed by atoms with Crippen LogP contribution < -0.4 is 59.1 Å². The molecule has 0 amide bonds. The third-order valence-corrected chi connectivity index (χ3v) is 3.37. The number of hydrogen-bond donors (Lipinski definition) is 0. The molecule has 0 saturated carbocycles. The molecule has 8 heteroatoms. The molecule has 0 rings (SSSR count). The van der Waals surface area contributed by atoms with Crippen molar-refractivity contribution in [2.24, 2.45) is 0 Å². The molecule has 0 aromatic heterocycles. The molecule has 5 nitrogen and oxygen atoms in total. The summed E-state index contributed by atoms with van der Waals surface area (Å²) in [4.78, 5) is 21.2. The molecule has 0 saturated heterocycles. The minimum Gasteiger partial charge on any atom is -0.784 e. The Bertz CT molecular complexity index is 288. The monoisotopic (exact) mass is 380 g/mol. The number of aldehydes is 1. The van der Waals surface area contributed by atoms with Crippen molar-refractivity contribution in [3.8, 4) is 0 Å². The average Bonchev–Trinajstić information content (AvgIpc) is 2.44. The van der Waals surface area contributed by atoms with Crippen molar-refractivity contribution < 1.29 is 82.0 Å². The van der Waals surface area contributed by atoms with Gasteiger partial charge in [-0.05, 0) is 6.42 Å². The van der Waals surface area contributed by atoms with E-state index in [0.717, 1.165) is 12.8 Å². The van der Waals surface area contributed by atoms with Crippen LogP contribution in [0, 0.1) is 0 Å². The Hall–Kier alpha value is 1.41. The zero-order chi connectivity index (χ0) is 17.1. The van der Waals surface area contributed by atoms with Crippen molar-refractivity contribution in [1.82, 2.24) is 0 Å². The third kappa shape index (κ3) is 38.8. The van der Waals surface area contributed by atoms with Crippen LogP contribution in [0.5, 0.6) is 0 Å². The van der Waals surface area contributed by atoms with Crippen LogP contribution in [0.25, 0.3) is 0 Å². The molecular formula is C16H30Na2O5S. The van der Waals surface area contributed by atoms with Crippen molar-refractivity contribution >= 4 is 23.4 Å². The van der Waals surface area contributed by atoms with Gasteiger partial charge in [-0.3, -0.25) is 9.00 Å². The maximum atomic E-state index is 11.1. The third-order valence-electron chi connectivity index (χ3n) is 3.37. The molecule has 0 fully saturated rings. The maximum Gasteiger partial charge on any atom is 1.00 e. The fourth-order valence-electron chi connectivity index (χ4n) is 2.18. The van der Waals surface area contributed by atoms with E-state index >= 15 is 0 Å². The summed E-state index contributed by atoms with van der Waals surface area (Å²) in [6.45, 7) is 2.25. The SMILES string of the molecule is CCCCCCCCCCCCCC(=O)CC=O.O=S([O-])[O-].[Na+].[Na+]. The van der Waals surface area contributed by atoms with Crippen molar-refractivity contribution in [1.29, 1.82) is 0 Å². The van der Waals surface area contributed by atoms with Gasteiger partial charge in [0.1, 0.15) is 12.1 Å². The van der Waals surface area contributed by atoms with E-state index in [2.05, 4.69) is 6.92 Å². The minimum absolute atomic E-state index is 0. The van der Waals surface area contributed by atoms with Gasteiger partial charge in [0.2, 0.25) is 0 Å². The van der Waals surface area contributed by atoms with Gasteiger partial charge in [0, 0.05) is 6.42 Å². The Morgan fingerprint density at radius 3 is 1.50 bits per heavy atom. The Labute approximate surface area is 194 Å². The van der Waals surface area contributed by atoms with Crippen molar-refractivity contribution in [3.05, 3.63) is 0 Å². The quantitative estimate of drug-likeness (QED) is 0.113. The Kier molecular flexibility index (Phi) is 40.2. The van der Waals surface area contributed by atoms with Gasteiger partial charge in [-0.25, -0.2) is 0 Å². The predicted molar refractivity (Wildman–Crippen MR) is 86.5 cm³/mol. The number of ketones is 1. The number of unbranched alkanes of at least 4 members (excludes halogenated alkanes) is 10. The first-order valence-electron chi connectivity index (χ1n) is 8.26. The van der Waals surface area contributed by atoms with E-state index in [0.29, 0.717) is 12.7 Å². The number of hydrogen-bond acceptors (Lipinski definition) is 5. The van der Waals surface area contributed by atoms with Crippen molar-refractivity contribution in [2.45, 2.75) is 90.4 Å². The van der Waals surface area contributed by atoms with E-state index < -0.39 is 11.4 Å². The molecule has 0 unspecified atom stereocenters. The molecule has 0 heterocycles. The summed E-state index contributed by atoms with van der Waals surface area (Å²) in [7, 11) is 0. The van der Waals surface area contributed by atoms with Crippen LogP contribution in [0.15, 0.2) is 0 Å². The molecule has 0 aromatic rings. The molecule has 0 aliphatic heterocycles. The van der Waals surface area contributed by atoms with Gasteiger partial charge in [-0.1, -0.05) is 71.1 Å². The Balaban J connectivity index is -0.000000298. The molecular weight excluding hydrogens is 350 g/mol. The van der Waals surface area contributed by atoms with E-state index in [1.54, 1.807) is 0 Å². The standard InChI is InChI=1S/C16H30O2.2Na.H2O3S/c1-2-3-4-5-6-7-8-9-10-11-12-13-16(18)14-15-17;;;1-4(2)3/h15H,2-14H2,1H3;;;(H2,1,2,3)/q;2*+1;/p-2. The fourth-order valence-corrected chi connectivity index (χ4v) is 2.18. The van der Waals surface area contributed by atoms with Gasteiger partial charge >= 0.3 is 59.1 Å². The van der Waals surface area contributed by atoms with Crippen LogP contribution in [0.3, 0.4) is 0 Å². The molecule has 0 N–H and O–H groups in total. The summed E-state index contributed by atoms with van der Waals surface area (Å²) >= 11 is -3.11. The van der Waals surface area contributed by atoms with Crippen molar-refractivity contribution in [3.63, 3.8) is 0 Å². The first-order valence-corrected chi connectivity index (χ1v) is 9.26. The second kappa shape index (κ2) is 29.2. The van der Waals surface area contributed by atoms with Crippen LogP contribution in [0.1, 0.15) is 90.4 Å². The molecule has 0 aliphatic rings. The molecule has 0 aliphatic carbocycles. The van der Waals surface area contributed by atoms with Gasteiger partial charge in [0.05, 0.1) is 6.42 Å². The van der Waals surface area contributed by atoms with E-state index in [1.807, 2.05) is 0 Å². The molecule has 0 atom stereocenters. The maximum absolute atomic E-state index is 11.1. The van der Waals surface area contributed by atoms with Crippen LogP contribution in [-0.2, 0) is 21.0 Å². The van der Waals surface area contributed by atoms with Gasteiger partial charge in [-0.2, -0.15) is 0 Å². The van der Waals surface area contributed by atoms with E-state index in [9.17, 15) is 9.59 Å². The van der Waals surface area contributed by atoms with Crippen LogP contribution in [0.2, 0.25) is 0 Å². The topological polar surface area (TPSA) is 97.3 Å². The first-order chi connectivity index (χ1) is 10.5. The van der Waals surface area contributed by atoms with Gasteiger partial charge in [-0.15, -0.1) is 11.4 Å². The minimum atomic E-state index is -3.11. The molecule has 0 bridgehead atoms. The number of Topliss-reactive ketones (excluding diaryl/α,β-unsaturated/α-hetero) is 1. The molecule has 0 aromatic carbocycles. The van der Waals surface area contributed by atoms with Crippen LogP contribution >= 0.6 is 0 Å². The average molecular weight is 380 g/mol. The summed E-state index contributed by atoms with van der Waals surface area (Å²) in [5.74, 6) is 0.0981. The molecule has 24 heavy (non-hydrogen) atoms. The van der Waals surface area contributed by atoms with E-state index in [4.69, 9.17) is 13.3 Å². The zero-order valence-corrected chi connectivity index (χ0v) is 20.5. The Morgan fingerprint density at radius 2 is 1.17 bits per heavy atom. The Morgan fingerprint density at radius 1 is 0.833 bits per heavy atom. The van der Waals surface area contributed by atoms with E-state index in [1.165, 1.54) is 57.8 Å². The van der Waals surface area contributed by atoms with Crippen molar-refractivity contribution in [2.75, 3.05) is 0 Å². The molecule has 132 valence electrons. The number of carbonyl (C=O) groups is 2. The summed E-state index contributed by atoms with van der Waals surface area (Å²) in [5.41, 5.74) is 0. The molecule has 0 spiro atoms. The second-order valence-electron chi connectivity index (χ2n) is 5.40. The summed E-state index contributed by atoms with van der Waals surface area (Å²) in [6.07, 6.45) is 15.7. The van der Waals surface area contributed by atoms with Crippen LogP contribution in [0.4, 0.5) is 0 Å². The largest absolute Gasteiger partial charge is 1.00 e. The second-order valence-corrected chi connectivity index (χ2v) is 5.81. The summed E-state index contributed by atoms with van der Waals surface area (Å²) in [5, 5.41) is 0.